The van der Waals surface area contributed by atoms with Gasteiger partial charge in [-0.15, -0.1) is 0 Å². The quantitative estimate of drug-likeness (QED) is 0.741. The van der Waals surface area contributed by atoms with Crippen LogP contribution in [-0.4, -0.2) is 37.1 Å². The molecule has 0 spiro atoms. The molecule has 0 aromatic carbocycles. The summed E-state index contributed by atoms with van der Waals surface area (Å²) in [5.74, 6) is 0.991. The maximum atomic E-state index is 3.47. The van der Waals surface area contributed by atoms with Gasteiger partial charge >= 0.3 is 0 Å². The molecule has 0 radical (unpaired) electrons. The number of hydrogen-bond donors (Lipinski definition) is 1. The van der Waals surface area contributed by atoms with E-state index in [0.29, 0.717) is 0 Å². The van der Waals surface area contributed by atoms with E-state index < -0.39 is 0 Å². The topological polar surface area (TPSA) is 15.3 Å². The van der Waals surface area contributed by atoms with Gasteiger partial charge in [-0.05, 0) is 64.2 Å². The van der Waals surface area contributed by atoms with Gasteiger partial charge in [0, 0.05) is 6.04 Å². The van der Waals surface area contributed by atoms with Crippen molar-refractivity contribution >= 4 is 0 Å². The minimum absolute atomic E-state index is 0.928. The Morgan fingerprint density at radius 2 is 2.00 bits per heavy atom. The van der Waals surface area contributed by atoms with Gasteiger partial charge in [-0.1, -0.05) is 6.92 Å². The molecule has 0 aliphatic carbocycles. The summed E-state index contributed by atoms with van der Waals surface area (Å²) in [7, 11) is 0. The molecule has 2 aliphatic heterocycles. The lowest BCUT2D eigenvalue weighted by atomic mass is 9.89. The number of hydrogen-bond acceptors (Lipinski definition) is 2. The van der Waals surface area contributed by atoms with E-state index >= 15 is 0 Å². The van der Waals surface area contributed by atoms with Gasteiger partial charge in [0.1, 0.15) is 0 Å². The smallest absolute Gasteiger partial charge is 0.0125 e. The first-order chi connectivity index (χ1) is 6.92. The summed E-state index contributed by atoms with van der Waals surface area (Å²) < 4.78 is 0. The average molecular weight is 196 g/mol. The number of rotatable bonds is 3. The Balaban J connectivity index is 1.87. The molecule has 0 saturated carbocycles. The number of likely N-dealkylation sites (tertiary alicyclic amines) is 1. The van der Waals surface area contributed by atoms with Crippen molar-refractivity contribution in [2.24, 2.45) is 5.92 Å². The molecule has 2 nitrogen and oxygen atoms in total. The zero-order valence-electron chi connectivity index (χ0n) is 9.47. The van der Waals surface area contributed by atoms with Crippen LogP contribution in [0.1, 0.15) is 39.0 Å². The minimum Gasteiger partial charge on any atom is -0.317 e. The average Bonchev–Trinajstić information content (AvgIpc) is 2.68. The summed E-state index contributed by atoms with van der Waals surface area (Å²) in [5, 5.41) is 3.47. The SMILES string of the molecule is CCCN1CCCC1C1CCNCC1. The lowest BCUT2D eigenvalue weighted by Gasteiger charge is -2.34. The van der Waals surface area contributed by atoms with Gasteiger partial charge in [-0.3, -0.25) is 0 Å². The predicted octanol–water partition coefficient (Wildman–Crippen LogP) is 1.86. The summed E-state index contributed by atoms with van der Waals surface area (Å²) in [5.41, 5.74) is 0. The predicted molar refractivity (Wildman–Crippen MR) is 60.5 cm³/mol. The Morgan fingerprint density at radius 3 is 2.71 bits per heavy atom. The van der Waals surface area contributed by atoms with E-state index in [0.717, 1.165) is 12.0 Å². The summed E-state index contributed by atoms with van der Waals surface area (Å²) in [4.78, 5) is 2.75. The summed E-state index contributed by atoms with van der Waals surface area (Å²) in [6.07, 6.45) is 7.04. The standard InChI is InChI=1S/C12H24N2/c1-2-9-14-10-3-4-12(14)11-5-7-13-8-6-11/h11-13H,2-10H2,1H3. The number of nitrogens with zero attached hydrogens (tertiary/aromatic N) is 1. The lowest BCUT2D eigenvalue weighted by Crippen LogP contribution is -2.41. The van der Waals surface area contributed by atoms with Gasteiger partial charge < -0.3 is 10.2 Å². The van der Waals surface area contributed by atoms with Crippen LogP contribution in [0.2, 0.25) is 0 Å². The lowest BCUT2D eigenvalue weighted by molar-refractivity contribution is 0.163. The third kappa shape index (κ3) is 2.29. The highest BCUT2D eigenvalue weighted by Gasteiger charge is 2.31. The Labute approximate surface area is 88.1 Å². The zero-order valence-corrected chi connectivity index (χ0v) is 9.47. The summed E-state index contributed by atoms with van der Waals surface area (Å²) in [6.45, 7) is 7.50. The van der Waals surface area contributed by atoms with Crippen molar-refractivity contribution in [3.05, 3.63) is 0 Å². The number of nitrogens with one attached hydrogen (secondary N) is 1. The highest BCUT2D eigenvalue weighted by molar-refractivity contribution is 4.87. The summed E-state index contributed by atoms with van der Waals surface area (Å²) >= 11 is 0. The number of piperidine rings is 1. The van der Waals surface area contributed by atoms with Crippen molar-refractivity contribution in [1.82, 2.24) is 10.2 Å². The van der Waals surface area contributed by atoms with E-state index in [1.807, 2.05) is 0 Å². The Bertz CT molecular complexity index is 164. The second-order valence-electron chi connectivity index (χ2n) is 4.83. The van der Waals surface area contributed by atoms with Crippen LogP contribution in [0.15, 0.2) is 0 Å². The molecule has 2 saturated heterocycles. The molecule has 0 aromatic rings. The second-order valence-corrected chi connectivity index (χ2v) is 4.83. The highest BCUT2D eigenvalue weighted by atomic mass is 15.2. The second kappa shape index (κ2) is 5.13. The van der Waals surface area contributed by atoms with E-state index in [1.54, 1.807) is 0 Å². The third-order valence-electron chi connectivity index (χ3n) is 3.85. The third-order valence-corrected chi connectivity index (χ3v) is 3.85. The van der Waals surface area contributed by atoms with Crippen molar-refractivity contribution in [3.63, 3.8) is 0 Å². The van der Waals surface area contributed by atoms with Crippen molar-refractivity contribution < 1.29 is 0 Å². The van der Waals surface area contributed by atoms with Crippen molar-refractivity contribution in [2.45, 2.75) is 45.1 Å². The minimum atomic E-state index is 0.928. The van der Waals surface area contributed by atoms with Crippen molar-refractivity contribution in [1.29, 1.82) is 0 Å². The Hall–Kier alpha value is -0.0800. The van der Waals surface area contributed by atoms with Gasteiger partial charge in [-0.2, -0.15) is 0 Å². The van der Waals surface area contributed by atoms with Crippen LogP contribution >= 0.6 is 0 Å². The van der Waals surface area contributed by atoms with E-state index in [-0.39, 0.29) is 0 Å². The Morgan fingerprint density at radius 1 is 1.21 bits per heavy atom. The molecule has 1 atom stereocenters. The molecule has 0 amide bonds. The molecule has 1 N–H and O–H groups in total. The fourth-order valence-corrected chi connectivity index (χ4v) is 3.18. The van der Waals surface area contributed by atoms with Crippen LogP contribution in [0.3, 0.4) is 0 Å². The van der Waals surface area contributed by atoms with E-state index in [9.17, 15) is 0 Å². The molecule has 2 rings (SSSR count). The van der Waals surface area contributed by atoms with Gasteiger partial charge in [-0.25, -0.2) is 0 Å². The van der Waals surface area contributed by atoms with E-state index in [2.05, 4.69) is 17.1 Å². The molecular weight excluding hydrogens is 172 g/mol. The van der Waals surface area contributed by atoms with Crippen molar-refractivity contribution in [3.8, 4) is 0 Å². The van der Waals surface area contributed by atoms with Crippen LogP contribution in [0.5, 0.6) is 0 Å². The molecular formula is C12H24N2. The molecule has 2 heterocycles. The van der Waals surface area contributed by atoms with Crippen molar-refractivity contribution in [2.75, 3.05) is 26.2 Å². The molecule has 0 bridgehead atoms. The van der Waals surface area contributed by atoms with E-state index in [1.165, 1.54) is 58.3 Å². The largest absolute Gasteiger partial charge is 0.317 e. The Kier molecular flexibility index (Phi) is 3.82. The first kappa shape index (κ1) is 10.4. The van der Waals surface area contributed by atoms with Crippen LogP contribution in [0.4, 0.5) is 0 Å². The fraction of sp³-hybridized carbons (Fsp3) is 1.00. The summed E-state index contributed by atoms with van der Waals surface area (Å²) in [6, 6.07) is 0.928. The fourth-order valence-electron chi connectivity index (χ4n) is 3.18. The maximum Gasteiger partial charge on any atom is 0.0125 e. The molecule has 14 heavy (non-hydrogen) atoms. The van der Waals surface area contributed by atoms with Gasteiger partial charge in [0.2, 0.25) is 0 Å². The molecule has 2 heteroatoms. The molecule has 82 valence electrons. The van der Waals surface area contributed by atoms with Gasteiger partial charge in [0.15, 0.2) is 0 Å². The maximum absolute atomic E-state index is 3.47. The first-order valence-electron chi connectivity index (χ1n) is 6.36. The van der Waals surface area contributed by atoms with Crippen LogP contribution in [0.25, 0.3) is 0 Å². The van der Waals surface area contributed by atoms with Gasteiger partial charge in [0.05, 0.1) is 0 Å². The van der Waals surface area contributed by atoms with Crippen LogP contribution in [-0.2, 0) is 0 Å². The molecule has 2 aliphatic rings. The molecule has 2 fully saturated rings. The molecule has 0 aromatic heterocycles. The monoisotopic (exact) mass is 196 g/mol. The van der Waals surface area contributed by atoms with E-state index in [4.69, 9.17) is 0 Å². The van der Waals surface area contributed by atoms with Crippen LogP contribution < -0.4 is 5.32 Å². The normalized spacial score (nSPS) is 31.1. The highest BCUT2D eigenvalue weighted by Crippen LogP contribution is 2.29. The van der Waals surface area contributed by atoms with Crippen LogP contribution in [0, 0.1) is 5.92 Å². The van der Waals surface area contributed by atoms with Gasteiger partial charge in [0.25, 0.3) is 0 Å². The first-order valence-corrected chi connectivity index (χ1v) is 6.36. The molecule has 1 unspecified atom stereocenters. The zero-order chi connectivity index (χ0) is 9.80.